The van der Waals surface area contributed by atoms with Gasteiger partial charge in [-0.3, -0.25) is 4.79 Å². The van der Waals surface area contributed by atoms with Crippen LogP contribution in [0.1, 0.15) is 25.3 Å². The van der Waals surface area contributed by atoms with Crippen molar-refractivity contribution < 1.29 is 4.79 Å². The summed E-state index contributed by atoms with van der Waals surface area (Å²) in [4.78, 5) is 12.6. The fourth-order valence-electron chi connectivity index (χ4n) is 3.17. The highest BCUT2D eigenvalue weighted by atomic mass is 35.5. The molecule has 0 radical (unpaired) electrons. The van der Waals surface area contributed by atoms with E-state index in [1.165, 1.54) is 5.56 Å². The maximum atomic E-state index is 12.6. The first-order chi connectivity index (χ1) is 12.1. The van der Waals surface area contributed by atoms with Crippen molar-refractivity contribution in [1.82, 2.24) is 5.32 Å². The summed E-state index contributed by atoms with van der Waals surface area (Å²) in [6.45, 7) is 3.69. The molecule has 0 saturated carbocycles. The number of hydrogen-bond acceptors (Lipinski definition) is 3. The normalized spacial score (nSPS) is 18.6. The molecule has 2 aromatic carbocycles. The van der Waals surface area contributed by atoms with Gasteiger partial charge in [0.1, 0.15) is 0 Å². The zero-order valence-electron chi connectivity index (χ0n) is 15.2. The molecule has 0 aliphatic carbocycles. The van der Waals surface area contributed by atoms with Gasteiger partial charge in [0.15, 0.2) is 0 Å². The van der Waals surface area contributed by atoms with E-state index in [1.54, 1.807) is 6.07 Å². The van der Waals surface area contributed by atoms with Crippen molar-refractivity contribution in [2.24, 2.45) is 5.92 Å². The van der Waals surface area contributed by atoms with Crippen LogP contribution in [-0.2, 0) is 11.3 Å². The summed E-state index contributed by atoms with van der Waals surface area (Å²) in [5, 5.41) is 10.4. The quantitative estimate of drug-likeness (QED) is 0.617. The third-order valence-corrected chi connectivity index (χ3v) is 4.79. The van der Waals surface area contributed by atoms with Crippen molar-refractivity contribution >= 4 is 53.7 Å². The first-order valence-electron chi connectivity index (χ1n) is 8.73. The third kappa shape index (κ3) is 6.89. The third-order valence-electron chi connectivity index (χ3n) is 4.56. The van der Waals surface area contributed by atoms with E-state index in [1.807, 2.05) is 30.3 Å². The van der Waals surface area contributed by atoms with E-state index in [4.69, 9.17) is 11.6 Å². The van der Waals surface area contributed by atoms with Crippen LogP contribution in [0.5, 0.6) is 0 Å². The minimum absolute atomic E-state index is 0. The maximum Gasteiger partial charge on any atom is 0.227 e. The molecule has 0 spiro atoms. The second-order valence-corrected chi connectivity index (χ2v) is 7.03. The lowest BCUT2D eigenvalue weighted by molar-refractivity contribution is -0.120. The van der Waals surface area contributed by atoms with Gasteiger partial charge in [0.05, 0.1) is 11.4 Å². The minimum atomic E-state index is 0. The lowest BCUT2D eigenvalue weighted by Crippen LogP contribution is -2.40. The van der Waals surface area contributed by atoms with Crippen molar-refractivity contribution in [3.05, 3.63) is 59.1 Å². The average molecular weight is 431 g/mol. The predicted octanol–water partition coefficient (Wildman–Crippen LogP) is 5.12. The SMILES string of the molecule is C[C@H]1C[C@@H](C(=O)Nc2cc(Cl)ccc2NCc2ccccc2)CCN1.Cl.Cl. The molecule has 4 nitrogen and oxygen atoms in total. The number of halogens is 3. The van der Waals surface area contributed by atoms with Crippen LogP contribution in [0.3, 0.4) is 0 Å². The van der Waals surface area contributed by atoms with E-state index in [9.17, 15) is 4.79 Å². The summed E-state index contributed by atoms with van der Waals surface area (Å²) >= 11 is 6.14. The van der Waals surface area contributed by atoms with Crippen molar-refractivity contribution in [2.75, 3.05) is 17.2 Å². The number of amides is 1. The van der Waals surface area contributed by atoms with Crippen molar-refractivity contribution in [1.29, 1.82) is 0 Å². The van der Waals surface area contributed by atoms with E-state index in [2.05, 4.69) is 35.0 Å². The second kappa shape index (κ2) is 11.4. The number of piperidine rings is 1. The molecule has 1 aliphatic rings. The summed E-state index contributed by atoms with van der Waals surface area (Å²) in [7, 11) is 0. The van der Waals surface area contributed by atoms with Crippen molar-refractivity contribution in [3.63, 3.8) is 0 Å². The highest BCUT2D eigenvalue weighted by Gasteiger charge is 2.25. The highest BCUT2D eigenvalue weighted by Crippen LogP contribution is 2.28. The molecule has 3 N–H and O–H groups in total. The molecular weight excluding hydrogens is 405 g/mol. The van der Waals surface area contributed by atoms with Crippen LogP contribution in [0, 0.1) is 5.92 Å². The zero-order valence-corrected chi connectivity index (χ0v) is 17.6. The molecule has 1 saturated heterocycles. The van der Waals surface area contributed by atoms with Gasteiger partial charge >= 0.3 is 0 Å². The Morgan fingerprint density at radius 3 is 2.59 bits per heavy atom. The van der Waals surface area contributed by atoms with Gasteiger partial charge in [0.2, 0.25) is 5.91 Å². The van der Waals surface area contributed by atoms with E-state index < -0.39 is 0 Å². The highest BCUT2D eigenvalue weighted by molar-refractivity contribution is 6.31. The second-order valence-electron chi connectivity index (χ2n) is 6.59. The van der Waals surface area contributed by atoms with Crippen molar-refractivity contribution in [3.8, 4) is 0 Å². The molecule has 0 unspecified atom stereocenters. The van der Waals surface area contributed by atoms with Crippen LogP contribution in [0.25, 0.3) is 0 Å². The van der Waals surface area contributed by atoms with E-state index in [0.717, 1.165) is 30.8 Å². The molecule has 1 heterocycles. The fraction of sp³-hybridized carbons (Fsp3) is 0.350. The van der Waals surface area contributed by atoms with Gasteiger partial charge in [-0.1, -0.05) is 41.9 Å². The smallest absolute Gasteiger partial charge is 0.227 e. The number of hydrogen-bond donors (Lipinski definition) is 3. The standard InChI is InChI=1S/C20H24ClN3O.2ClH/c1-14-11-16(9-10-22-14)20(25)24-19-12-17(21)7-8-18(19)23-13-15-5-3-2-4-6-15;;/h2-8,12,14,16,22-23H,9-11,13H2,1H3,(H,24,25);2*1H/t14-,16-;;/m0../s1. The van der Waals surface area contributed by atoms with Gasteiger partial charge in [0.25, 0.3) is 0 Å². The Kier molecular flexibility index (Phi) is 9.95. The first kappa shape index (κ1) is 23.6. The molecule has 1 amide bonds. The number of benzene rings is 2. The first-order valence-corrected chi connectivity index (χ1v) is 9.11. The largest absolute Gasteiger partial charge is 0.379 e. The Morgan fingerprint density at radius 2 is 1.89 bits per heavy atom. The average Bonchev–Trinajstić information content (AvgIpc) is 2.62. The van der Waals surface area contributed by atoms with E-state index in [0.29, 0.717) is 17.6 Å². The summed E-state index contributed by atoms with van der Waals surface area (Å²) in [6, 6.07) is 16.1. The number of rotatable bonds is 5. The Labute approximate surface area is 178 Å². The zero-order chi connectivity index (χ0) is 17.6. The molecule has 0 bridgehead atoms. The van der Waals surface area contributed by atoms with Gasteiger partial charge < -0.3 is 16.0 Å². The molecule has 27 heavy (non-hydrogen) atoms. The van der Waals surface area contributed by atoms with Gasteiger partial charge in [-0.25, -0.2) is 0 Å². The summed E-state index contributed by atoms with van der Waals surface area (Å²) in [6.07, 6.45) is 1.72. The number of nitrogens with one attached hydrogen (secondary N) is 3. The van der Waals surface area contributed by atoms with Crippen LogP contribution >= 0.6 is 36.4 Å². The lowest BCUT2D eigenvalue weighted by atomic mass is 9.92. The van der Waals surface area contributed by atoms with Gasteiger partial charge in [-0.2, -0.15) is 0 Å². The van der Waals surface area contributed by atoms with Crippen LogP contribution in [0.15, 0.2) is 48.5 Å². The fourth-order valence-corrected chi connectivity index (χ4v) is 3.34. The van der Waals surface area contributed by atoms with Gasteiger partial charge in [-0.05, 0) is 50.1 Å². The van der Waals surface area contributed by atoms with Crippen LogP contribution in [0.4, 0.5) is 11.4 Å². The molecule has 7 heteroatoms. The summed E-state index contributed by atoms with van der Waals surface area (Å²) in [5.74, 6) is 0.107. The van der Waals surface area contributed by atoms with E-state index >= 15 is 0 Å². The van der Waals surface area contributed by atoms with Crippen molar-refractivity contribution in [2.45, 2.75) is 32.4 Å². The number of carbonyl (C=O) groups excluding carboxylic acids is 1. The molecule has 1 aliphatic heterocycles. The Morgan fingerprint density at radius 1 is 1.15 bits per heavy atom. The van der Waals surface area contributed by atoms with Gasteiger partial charge in [0, 0.05) is 23.5 Å². The lowest BCUT2D eigenvalue weighted by Gasteiger charge is -2.27. The topological polar surface area (TPSA) is 53.2 Å². The van der Waals surface area contributed by atoms with Gasteiger partial charge in [-0.15, -0.1) is 24.8 Å². The van der Waals surface area contributed by atoms with Crippen LogP contribution in [0.2, 0.25) is 5.02 Å². The maximum absolute atomic E-state index is 12.6. The van der Waals surface area contributed by atoms with Crippen LogP contribution < -0.4 is 16.0 Å². The predicted molar refractivity (Wildman–Crippen MR) is 119 cm³/mol. The Hall–Kier alpha value is -1.46. The van der Waals surface area contributed by atoms with Crippen LogP contribution in [-0.4, -0.2) is 18.5 Å². The summed E-state index contributed by atoms with van der Waals surface area (Å²) in [5.41, 5.74) is 2.80. The molecule has 0 aromatic heterocycles. The monoisotopic (exact) mass is 429 g/mol. The molecule has 3 rings (SSSR count). The van der Waals surface area contributed by atoms with E-state index in [-0.39, 0.29) is 36.6 Å². The minimum Gasteiger partial charge on any atom is -0.379 e. The molecular formula is C20H26Cl3N3O. The number of anilines is 2. The molecule has 2 atom stereocenters. The molecule has 2 aromatic rings. The molecule has 148 valence electrons. The Bertz CT molecular complexity index is 728. The molecule has 1 fully saturated rings. The number of carbonyl (C=O) groups is 1. The summed E-state index contributed by atoms with van der Waals surface area (Å²) < 4.78 is 0. The Balaban J connectivity index is 0.00000182.